The first-order valence-electron chi connectivity index (χ1n) is 9.60. The van der Waals surface area contributed by atoms with Crippen LogP contribution in [-0.2, 0) is 11.3 Å². The number of nitrogens with two attached hydrogens (primary N) is 2. The van der Waals surface area contributed by atoms with Crippen LogP contribution in [0.25, 0.3) is 0 Å². The normalized spacial score (nSPS) is 16.5. The molecule has 0 atom stereocenters. The lowest BCUT2D eigenvalue weighted by molar-refractivity contribution is -0.114. The lowest BCUT2D eigenvalue weighted by Gasteiger charge is -2.32. The highest BCUT2D eigenvalue weighted by Gasteiger charge is 2.20. The van der Waals surface area contributed by atoms with Gasteiger partial charge in [-0.05, 0) is 43.2 Å². The fourth-order valence-electron chi connectivity index (χ4n) is 3.22. The molecule has 3 rings (SSSR count). The lowest BCUT2D eigenvalue weighted by Crippen LogP contribution is -2.41. The third-order valence-electron chi connectivity index (χ3n) is 4.90. The first-order valence-corrected chi connectivity index (χ1v) is 9.60. The zero-order chi connectivity index (χ0) is 21.5. The van der Waals surface area contributed by atoms with E-state index in [1.807, 2.05) is 0 Å². The first-order chi connectivity index (χ1) is 14.4. The second-order valence-electron chi connectivity index (χ2n) is 7.07. The van der Waals surface area contributed by atoms with Crippen molar-refractivity contribution in [1.29, 1.82) is 0 Å². The summed E-state index contributed by atoms with van der Waals surface area (Å²) in [4.78, 5) is 21.7. The molecule has 1 fully saturated rings. The predicted octanol–water partition coefficient (Wildman–Crippen LogP) is 1.97. The standard InChI is InChI=1S/C21H24F2N6O/c22-15-3-5-17(6-4-15)28-20(24)18(21(25)30)12-27-16-7-10-29(11-8-16)13-14-2-1-9-26-19(14)23/h1-6,9,12,16,27H,7-8,10-11,13H2,(H2,24,28)(H2,25,30)/b18-12+. The molecule has 1 aromatic carbocycles. The van der Waals surface area contributed by atoms with Crippen LogP contribution in [0.3, 0.4) is 0 Å². The van der Waals surface area contributed by atoms with E-state index in [9.17, 15) is 13.6 Å². The number of likely N-dealkylation sites (tertiary alicyclic amines) is 1. The smallest absolute Gasteiger partial charge is 0.253 e. The van der Waals surface area contributed by atoms with E-state index in [2.05, 4.69) is 20.2 Å². The van der Waals surface area contributed by atoms with E-state index >= 15 is 0 Å². The van der Waals surface area contributed by atoms with Gasteiger partial charge in [0.2, 0.25) is 5.95 Å². The van der Waals surface area contributed by atoms with Crippen LogP contribution >= 0.6 is 0 Å². The number of primary amides is 1. The van der Waals surface area contributed by atoms with Gasteiger partial charge in [-0.1, -0.05) is 6.07 Å². The predicted molar refractivity (Wildman–Crippen MR) is 111 cm³/mol. The van der Waals surface area contributed by atoms with Crippen LogP contribution in [-0.4, -0.2) is 40.8 Å². The van der Waals surface area contributed by atoms with Gasteiger partial charge < -0.3 is 16.8 Å². The van der Waals surface area contributed by atoms with Crippen molar-refractivity contribution in [3.8, 4) is 0 Å². The van der Waals surface area contributed by atoms with Gasteiger partial charge in [-0.25, -0.2) is 14.4 Å². The molecule has 1 amide bonds. The summed E-state index contributed by atoms with van der Waals surface area (Å²) >= 11 is 0. The monoisotopic (exact) mass is 414 g/mol. The number of nitrogens with zero attached hydrogens (tertiary/aromatic N) is 3. The highest BCUT2D eigenvalue weighted by Crippen LogP contribution is 2.16. The molecule has 5 N–H and O–H groups in total. The van der Waals surface area contributed by atoms with E-state index in [0.29, 0.717) is 17.8 Å². The van der Waals surface area contributed by atoms with Crippen LogP contribution in [0.2, 0.25) is 0 Å². The Hall–Kier alpha value is -3.33. The van der Waals surface area contributed by atoms with Crippen LogP contribution in [0, 0.1) is 11.8 Å². The maximum atomic E-state index is 13.7. The molecule has 1 aromatic heterocycles. The molecule has 0 aliphatic carbocycles. The molecule has 0 radical (unpaired) electrons. The maximum absolute atomic E-state index is 13.7. The fraction of sp³-hybridized carbons (Fsp3) is 0.286. The van der Waals surface area contributed by atoms with E-state index in [1.165, 1.54) is 36.7 Å². The molecule has 9 heteroatoms. The molecule has 0 bridgehead atoms. The zero-order valence-corrected chi connectivity index (χ0v) is 16.4. The summed E-state index contributed by atoms with van der Waals surface area (Å²) in [6.07, 6.45) is 4.52. The van der Waals surface area contributed by atoms with E-state index in [4.69, 9.17) is 11.5 Å². The van der Waals surface area contributed by atoms with Crippen LogP contribution in [0.5, 0.6) is 0 Å². The second kappa shape index (κ2) is 9.93. The number of pyridine rings is 1. The molecule has 158 valence electrons. The molecule has 2 aromatic rings. The molecule has 1 aliphatic rings. The number of aromatic nitrogens is 1. The average Bonchev–Trinajstić information content (AvgIpc) is 2.72. The lowest BCUT2D eigenvalue weighted by atomic mass is 10.0. The molecule has 0 spiro atoms. The summed E-state index contributed by atoms with van der Waals surface area (Å²) in [7, 11) is 0. The van der Waals surface area contributed by atoms with E-state index in [1.54, 1.807) is 12.1 Å². The van der Waals surface area contributed by atoms with Gasteiger partial charge in [0, 0.05) is 43.6 Å². The highest BCUT2D eigenvalue weighted by molar-refractivity contribution is 6.20. The fourth-order valence-corrected chi connectivity index (χ4v) is 3.22. The summed E-state index contributed by atoms with van der Waals surface area (Å²) in [6, 6.07) is 8.99. The third kappa shape index (κ3) is 5.84. The van der Waals surface area contributed by atoms with Crippen molar-refractivity contribution >= 4 is 17.4 Å². The van der Waals surface area contributed by atoms with Gasteiger partial charge in [0.05, 0.1) is 11.3 Å². The average molecular weight is 414 g/mol. The highest BCUT2D eigenvalue weighted by atomic mass is 19.1. The van der Waals surface area contributed by atoms with Crippen LogP contribution < -0.4 is 16.8 Å². The van der Waals surface area contributed by atoms with Crippen molar-refractivity contribution in [2.24, 2.45) is 16.5 Å². The molecular weight excluding hydrogens is 390 g/mol. The number of amides is 1. The topological polar surface area (TPSA) is 110 Å². The number of hydrogen-bond acceptors (Lipinski definition) is 5. The number of nitrogens with one attached hydrogen (secondary N) is 1. The van der Waals surface area contributed by atoms with Crippen molar-refractivity contribution in [2.45, 2.75) is 25.4 Å². The maximum Gasteiger partial charge on any atom is 0.253 e. The van der Waals surface area contributed by atoms with E-state index in [-0.39, 0.29) is 17.5 Å². The molecule has 1 saturated heterocycles. The van der Waals surface area contributed by atoms with Crippen LogP contribution in [0.4, 0.5) is 14.5 Å². The minimum absolute atomic E-state index is 0.0499. The Balaban J connectivity index is 1.57. The second-order valence-corrected chi connectivity index (χ2v) is 7.07. The van der Waals surface area contributed by atoms with Crippen molar-refractivity contribution in [3.63, 3.8) is 0 Å². The summed E-state index contributed by atoms with van der Waals surface area (Å²) in [6.45, 7) is 2.04. The molecule has 2 heterocycles. The van der Waals surface area contributed by atoms with Crippen molar-refractivity contribution in [3.05, 3.63) is 71.7 Å². The van der Waals surface area contributed by atoms with Gasteiger partial charge in [-0.2, -0.15) is 4.39 Å². The summed E-state index contributed by atoms with van der Waals surface area (Å²) < 4.78 is 26.7. The minimum atomic E-state index is -0.713. The summed E-state index contributed by atoms with van der Waals surface area (Å²) in [5.41, 5.74) is 12.4. The Labute approximate surface area is 173 Å². The Morgan fingerprint density at radius 3 is 2.53 bits per heavy atom. The van der Waals surface area contributed by atoms with Crippen LogP contribution in [0.1, 0.15) is 18.4 Å². The molecule has 30 heavy (non-hydrogen) atoms. The van der Waals surface area contributed by atoms with Crippen LogP contribution in [0.15, 0.2) is 59.4 Å². The van der Waals surface area contributed by atoms with E-state index < -0.39 is 17.7 Å². The van der Waals surface area contributed by atoms with E-state index in [0.717, 1.165) is 25.9 Å². The van der Waals surface area contributed by atoms with Gasteiger partial charge in [-0.3, -0.25) is 9.69 Å². The van der Waals surface area contributed by atoms with Crippen molar-refractivity contribution < 1.29 is 13.6 Å². The Morgan fingerprint density at radius 2 is 1.90 bits per heavy atom. The number of halogens is 2. The quantitative estimate of drug-likeness (QED) is 0.278. The number of hydrogen-bond donors (Lipinski definition) is 3. The number of carbonyl (C=O) groups excluding carboxylic acids is 1. The number of piperidine rings is 1. The third-order valence-corrected chi connectivity index (χ3v) is 4.90. The summed E-state index contributed by atoms with van der Waals surface area (Å²) in [5, 5.41) is 3.18. The van der Waals surface area contributed by atoms with Gasteiger partial charge >= 0.3 is 0 Å². The molecule has 1 aliphatic heterocycles. The van der Waals surface area contributed by atoms with Crippen molar-refractivity contribution in [1.82, 2.24) is 15.2 Å². The number of aliphatic imine (C=N–C) groups is 1. The molecule has 7 nitrogen and oxygen atoms in total. The zero-order valence-electron chi connectivity index (χ0n) is 16.4. The molecule has 0 unspecified atom stereocenters. The molecule has 0 saturated carbocycles. The SMILES string of the molecule is NC(=O)/C(=C/NC1CCN(Cc2cccnc2F)CC1)C(N)=Nc1ccc(F)cc1. The number of rotatable bonds is 7. The number of amidine groups is 1. The van der Waals surface area contributed by atoms with Gasteiger partial charge in [0.25, 0.3) is 5.91 Å². The molecular formula is C21H24F2N6O. The first kappa shape index (κ1) is 21.4. The summed E-state index contributed by atoms with van der Waals surface area (Å²) in [5.74, 6) is -1.60. The number of carbonyl (C=O) groups is 1. The minimum Gasteiger partial charge on any atom is -0.387 e. The Bertz CT molecular complexity index is 937. The van der Waals surface area contributed by atoms with Crippen molar-refractivity contribution in [2.75, 3.05) is 13.1 Å². The van der Waals surface area contributed by atoms with Gasteiger partial charge in [-0.15, -0.1) is 0 Å². The number of benzene rings is 1. The van der Waals surface area contributed by atoms with Gasteiger partial charge in [0.15, 0.2) is 0 Å². The Morgan fingerprint density at radius 1 is 1.20 bits per heavy atom. The largest absolute Gasteiger partial charge is 0.387 e. The Kier molecular flexibility index (Phi) is 7.08. The van der Waals surface area contributed by atoms with Gasteiger partial charge in [0.1, 0.15) is 11.7 Å².